The van der Waals surface area contributed by atoms with Crippen LogP contribution in [0.3, 0.4) is 0 Å². The Balaban J connectivity index is 2.28. The molecule has 0 spiro atoms. The van der Waals surface area contributed by atoms with E-state index in [9.17, 15) is 4.79 Å². The van der Waals surface area contributed by atoms with E-state index in [1.165, 1.54) is 0 Å². The summed E-state index contributed by atoms with van der Waals surface area (Å²) in [5.41, 5.74) is 1.62. The maximum Gasteiger partial charge on any atom is 0.192 e. The first-order valence-electron chi connectivity index (χ1n) is 6.26. The lowest BCUT2D eigenvalue weighted by Gasteiger charge is -2.28. The van der Waals surface area contributed by atoms with Crippen molar-refractivity contribution >= 4 is 5.78 Å². The molecule has 3 heteroatoms. The number of ketones is 1. The fourth-order valence-electron chi connectivity index (χ4n) is 2.35. The van der Waals surface area contributed by atoms with E-state index < -0.39 is 6.10 Å². The summed E-state index contributed by atoms with van der Waals surface area (Å²) in [6, 6.07) is 5.64. The molecule has 0 fully saturated rings. The Morgan fingerprint density at radius 1 is 1.39 bits per heavy atom. The molecular formula is C15H20O3. The summed E-state index contributed by atoms with van der Waals surface area (Å²) in [6.07, 6.45) is 0.460. The highest BCUT2D eigenvalue weighted by molar-refractivity contribution is 6.00. The number of methoxy groups -OCH3 is 1. The molecule has 1 aromatic rings. The van der Waals surface area contributed by atoms with Gasteiger partial charge in [-0.3, -0.25) is 4.79 Å². The minimum atomic E-state index is -0.419. The number of carbonyl (C=O) groups excluding carboxylic acids is 1. The van der Waals surface area contributed by atoms with Crippen LogP contribution < -0.4 is 4.74 Å². The third-order valence-corrected chi connectivity index (χ3v) is 3.23. The summed E-state index contributed by atoms with van der Waals surface area (Å²) in [4.78, 5) is 12.5. The zero-order chi connectivity index (χ0) is 13.3. The van der Waals surface area contributed by atoms with Crippen molar-refractivity contribution in [1.29, 1.82) is 0 Å². The maximum atomic E-state index is 12.5. The molecule has 18 heavy (non-hydrogen) atoms. The monoisotopic (exact) mass is 248 g/mol. The van der Waals surface area contributed by atoms with Crippen LogP contribution in [0, 0.1) is 5.41 Å². The molecule has 1 heterocycles. The molecule has 98 valence electrons. The van der Waals surface area contributed by atoms with Crippen molar-refractivity contribution in [1.82, 2.24) is 0 Å². The van der Waals surface area contributed by atoms with Gasteiger partial charge in [0.05, 0.1) is 6.61 Å². The lowest BCUT2D eigenvalue weighted by Crippen LogP contribution is -2.36. The molecule has 0 saturated carbocycles. The van der Waals surface area contributed by atoms with Crippen LogP contribution in [-0.2, 0) is 11.2 Å². The molecule has 1 unspecified atom stereocenters. The van der Waals surface area contributed by atoms with Gasteiger partial charge in [-0.25, -0.2) is 0 Å². The van der Waals surface area contributed by atoms with Gasteiger partial charge in [-0.2, -0.15) is 0 Å². The van der Waals surface area contributed by atoms with E-state index in [0.717, 1.165) is 17.7 Å². The van der Waals surface area contributed by atoms with Crippen molar-refractivity contribution < 1.29 is 14.3 Å². The highest BCUT2D eigenvalue weighted by atomic mass is 16.5. The predicted octanol–water partition coefficient (Wildman–Crippen LogP) is 2.87. The highest BCUT2D eigenvalue weighted by Crippen LogP contribution is 2.29. The normalized spacial score (nSPS) is 16.0. The molecule has 0 aromatic heterocycles. The van der Waals surface area contributed by atoms with E-state index in [1.807, 2.05) is 39.0 Å². The van der Waals surface area contributed by atoms with Gasteiger partial charge < -0.3 is 9.47 Å². The lowest BCUT2D eigenvalue weighted by atomic mass is 9.84. The lowest BCUT2D eigenvalue weighted by molar-refractivity contribution is 0.0196. The number of hydrogen-bond acceptors (Lipinski definition) is 3. The van der Waals surface area contributed by atoms with Crippen LogP contribution in [0.1, 0.15) is 36.7 Å². The highest BCUT2D eigenvalue weighted by Gasteiger charge is 2.32. The zero-order valence-corrected chi connectivity index (χ0v) is 11.4. The third-order valence-electron chi connectivity index (χ3n) is 3.23. The van der Waals surface area contributed by atoms with E-state index in [4.69, 9.17) is 9.47 Å². The first kappa shape index (κ1) is 13.1. The first-order valence-corrected chi connectivity index (χ1v) is 6.26. The Bertz CT molecular complexity index is 457. The summed E-state index contributed by atoms with van der Waals surface area (Å²) >= 11 is 0. The van der Waals surface area contributed by atoms with Gasteiger partial charge in [-0.15, -0.1) is 0 Å². The second kappa shape index (κ2) is 4.73. The Morgan fingerprint density at radius 3 is 2.72 bits per heavy atom. The van der Waals surface area contributed by atoms with Crippen LogP contribution in [0.2, 0.25) is 0 Å². The van der Waals surface area contributed by atoms with Crippen molar-refractivity contribution in [3.63, 3.8) is 0 Å². The number of hydrogen-bond donors (Lipinski definition) is 0. The average Bonchev–Trinajstić information content (AvgIpc) is 2.74. The Morgan fingerprint density at radius 2 is 2.11 bits per heavy atom. The molecule has 0 N–H and O–H groups in total. The van der Waals surface area contributed by atoms with Gasteiger partial charge in [-0.05, 0) is 29.2 Å². The van der Waals surface area contributed by atoms with E-state index in [2.05, 4.69) is 0 Å². The van der Waals surface area contributed by atoms with Crippen LogP contribution >= 0.6 is 0 Å². The summed E-state index contributed by atoms with van der Waals surface area (Å²) in [5.74, 6) is 0.941. The molecule has 0 radical (unpaired) electrons. The summed E-state index contributed by atoms with van der Waals surface area (Å²) in [7, 11) is 1.59. The third kappa shape index (κ3) is 2.41. The van der Waals surface area contributed by atoms with Gasteiger partial charge in [0.1, 0.15) is 11.9 Å². The first-order chi connectivity index (χ1) is 8.43. The largest absolute Gasteiger partial charge is 0.493 e. The number of benzene rings is 1. The second-order valence-electron chi connectivity index (χ2n) is 5.77. The van der Waals surface area contributed by atoms with E-state index in [0.29, 0.717) is 12.2 Å². The molecule has 1 aliphatic rings. The number of fused-ring (bicyclic) bond motifs is 1. The number of Topliss-reactive ketones (excluding diaryl/α,β-unsaturated/α-hetero) is 1. The standard InChI is InChI=1S/C15H20O3/c1-15(2,3)14(17-4)13(16)11-5-6-12-10(9-11)7-8-18-12/h5-6,9,14H,7-8H2,1-4H3. The molecule has 0 saturated heterocycles. The molecule has 1 aromatic carbocycles. The van der Waals surface area contributed by atoms with Crippen LogP contribution in [0.4, 0.5) is 0 Å². The minimum absolute atomic E-state index is 0.0414. The van der Waals surface area contributed by atoms with Gasteiger partial charge in [0.15, 0.2) is 5.78 Å². The SMILES string of the molecule is COC(C(=O)c1ccc2c(c1)CCO2)C(C)(C)C. The molecule has 1 atom stereocenters. The maximum absolute atomic E-state index is 12.5. The minimum Gasteiger partial charge on any atom is -0.493 e. The van der Waals surface area contributed by atoms with Crippen LogP contribution in [0.5, 0.6) is 5.75 Å². The van der Waals surface area contributed by atoms with Crippen LogP contribution in [-0.4, -0.2) is 25.6 Å². The fraction of sp³-hybridized carbons (Fsp3) is 0.533. The van der Waals surface area contributed by atoms with Gasteiger partial charge in [0.2, 0.25) is 0 Å². The molecule has 1 aliphatic heterocycles. The molecular weight excluding hydrogens is 228 g/mol. The molecule has 2 rings (SSSR count). The Labute approximate surface area is 108 Å². The van der Waals surface area contributed by atoms with Gasteiger partial charge in [0.25, 0.3) is 0 Å². The Hall–Kier alpha value is -1.35. The fourth-order valence-corrected chi connectivity index (χ4v) is 2.35. The summed E-state index contributed by atoms with van der Waals surface area (Å²) < 4.78 is 10.8. The topological polar surface area (TPSA) is 35.5 Å². The van der Waals surface area contributed by atoms with Crippen LogP contribution in [0.15, 0.2) is 18.2 Å². The van der Waals surface area contributed by atoms with Gasteiger partial charge in [0, 0.05) is 19.1 Å². The van der Waals surface area contributed by atoms with Crippen molar-refractivity contribution in [2.24, 2.45) is 5.41 Å². The van der Waals surface area contributed by atoms with Gasteiger partial charge in [-0.1, -0.05) is 20.8 Å². The van der Waals surface area contributed by atoms with E-state index in [1.54, 1.807) is 7.11 Å². The van der Waals surface area contributed by atoms with Crippen LogP contribution in [0.25, 0.3) is 0 Å². The molecule has 0 aliphatic carbocycles. The molecule has 0 amide bonds. The predicted molar refractivity (Wildman–Crippen MR) is 70.2 cm³/mol. The van der Waals surface area contributed by atoms with Gasteiger partial charge >= 0.3 is 0 Å². The molecule has 0 bridgehead atoms. The number of rotatable bonds is 3. The summed E-state index contributed by atoms with van der Waals surface area (Å²) in [6.45, 7) is 6.74. The zero-order valence-electron chi connectivity index (χ0n) is 11.4. The van der Waals surface area contributed by atoms with Crippen molar-refractivity contribution in [2.75, 3.05) is 13.7 Å². The quantitative estimate of drug-likeness (QED) is 0.772. The van der Waals surface area contributed by atoms with Crippen molar-refractivity contribution in [2.45, 2.75) is 33.3 Å². The Kier molecular flexibility index (Phi) is 3.44. The molecule has 3 nitrogen and oxygen atoms in total. The summed E-state index contributed by atoms with van der Waals surface area (Å²) in [5, 5.41) is 0. The smallest absolute Gasteiger partial charge is 0.192 e. The number of ether oxygens (including phenoxy) is 2. The second-order valence-corrected chi connectivity index (χ2v) is 5.77. The van der Waals surface area contributed by atoms with Crippen molar-refractivity contribution in [3.8, 4) is 5.75 Å². The van der Waals surface area contributed by atoms with E-state index in [-0.39, 0.29) is 11.2 Å². The van der Waals surface area contributed by atoms with E-state index >= 15 is 0 Å². The average molecular weight is 248 g/mol. The van der Waals surface area contributed by atoms with Crippen molar-refractivity contribution in [3.05, 3.63) is 29.3 Å². The number of carbonyl (C=O) groups is 1.